The molecule has 1 aromatic carbocycles. The Kier molecular flexibility index (Phi) is 2.12. The second-order valence-corrected chi connectivity index (χ2v) is 4.98. The van der Waals surface area contributed by atoms with E-state index in [9.17, 15) is 4.79 Å². The first-order valence-electron chi connectivity index (χ1n) is 5.91. The van der Waals surface area contributed by atoms with Crippen LogP contribution in [0.25, 0.3) is 0 Å². The molecule has 0 spiro atoms. The van der Waals surface area contributed by atoms with E-state index in [-0.39, 0.29) is 0 Å². The summed E-state index contributed by atoms with van der Waals surface area (Å²) >= 11 is 0. The first-order valence-corrected chi connectivity index (χ1v) is 5.91. The molecule has 0 unspecified atom stereocenters. The number of hydrogen-bond acceptors (Lipinski definition) is 1. The zero-order valence-electron chi connectivity index (χ0n) is 8.91. The third-order valence-electron chi connectivity index (χ3n) is 4.03. The van der Waals surface area contributed by atoms with Gasteiger partial charge in [-0.25, -0.2) is 0 Å². The first-order chi connectivity index (χ1) is 7.33. The van der Waals surface area contributed by atoms with Gasteiger partial charge in [0.15, 0.2) is 0 Å². The molecule has 0 heterocycles. The van der Waals surface area contributed by atoms with Crippen LogP contribution in [0.5, 0.6) is 0 Å². The van der Waals surface area contributed by atoms with Crippen molar-refractivity contribution in [2.75, 3.05) is 0 Å². The van der Waals surface area contributed by atoms with Gasteiger partial charge in [0.05, 0.1) is 0 Å². The van der Waals surface area contributed by atoms with Crippen LogP contribution in [0.15, 0.2) is 24.3 Å². The highest BCUT2D eigenvalue weighted by Gasteiger charge is 2.33. The van der Waals surface area contributed by atoms with Crippen LogP contribution in [-0.2, 0) is 17.6 Å². The van der Waals surface area contributed by atoms with Gasteiger partial charge in [-0.1, -0.05) is 24.3 Å². The molecule has 0 amide bonds. The predicted octanol–water partition coefficient (Wildman–Crippen LogP) is 2.77. The number of hydrogen-bond donors (Lipinski definition) is 0. The summed E-state index contributed by atoms with van der Waals surface area (Å²) in [6, 6.07) is 8.73. The summed E-state index contributed by atoms with van der Waals surface area (Å²) in [7, 11) is 0. The van der Waals surface area contributed by atoms with Gasteiger partial charge in [0.1, 0.15) is 5.78 Å². The van der Waals surface area contributed by atoms with Crippen molar-refractivity contribution >= 4 is 5.78 Å². The molecule has 1 nitrogen and oxygen atoms in total. The van der Waals surface area contributed by atoms with Gasteiger partial charge >= 0.3 is 0 Å². The van der Waals surface area contributed by atoms with Crippen molar-refractivity contribution in [2.24, 2.45) is 11.8 Å². The predicted molar refractivity (Wildman–Crippen MR) is 59.7 cm³/mol. The average Bonchev–Trinajstić information content (AvgIpc) is 2.26. The van der Waals surface area contributed by atoms with E-state index in [2.05, 4.69) is 24.3 Å². The van der Waals surface area contributed by atoms with Gasteiger partial charge in [-0.15, -0.1) is 0 Å². The Morgan fingerprint density at radius 2 is 1.60 bits per heavy atom. The molecule has 1 heteroatoms. The monoisotopic (exact) mass is 200 g/mol. The summed E-state index contributed by atoms with van der Waals surface area (Å²) in [5.74, 6) is 1.90. The van der Waals surface area contributed by atoms with Crippen LogP contribution >= 0.6 is 0 Å². The van der Waals surface area contributed by atoms with E-state index in [0.717, 1.165) is 31.6 Å². The Bertz CT molecular complexity index is 394. The smallest absolute Gasteiger partial charge is 0.133 e. The van der Waals surface area contributed by atoms with Crippen molar-refractivity contribution in [1.82, 2.24) is 0 Å². The standard InChI is InChI=1S/C14H16O/c15-14-6-5-12-7-10-3-1-2-4-11(10)8-13(12)9-14/h1-4,12-13H,5-9H2/t12-,13+/m1/s1. The van der Waals surface area contributed by atoms with Gasteiger partial charge < -0.3 is 0 Å². The van der Waals surface area contributed by atoms with Crippen LogP contribution in [0.2, 0.25) is 0 Å². The van der Waals surface area contributed by atoms with Crippen LogP contribution in [0.1, 0.15) is 30.4 Å². The Morgan fingerprint density at radius 1 is 0.933 bits per heavy atom. The molecule has 0 radical (unpaired) electrons. The van der Waals surface area contributed by atoms with Crippen molar-refractivity contribution in [3.63, 3.8) is 0 Å². The number of benzene rings is 1. The lowest BCUT2D eigenvalue weighted by molar-refractivity contribution is -0.122. The molecular weight excluding hydrogens is 184 g/mol. The quantitative estimate of drug-likeness (QED) is 0.629. The molecule has 0 aliphatic heterocycles. The summed E-state index contributed by atoms with van der Waals surface area (Å²) in [6.07, 6.45) is 5.11. The van der Waals surface area contributed by atoms with E-state index >= 15 is 0 Å². The minimum atomic E-state index is 0.482. The van der Waals surface area contributed by atoms with Crippen LogP contribution in [0.4, 0.5) is 0 Å². The summed E-state index contributed by atoms with van der Waals surface area (Å²) in [5, 5.41) is 0. The zero-order chi connectivity index (χ0) is 10.3. The minimum absolute atomic E-state index is 0.482. The van der Waals surface area contributed by atoms with Gasteiger partial charge in [-0.3, -0.25) is 4.79 Å². The van der Waals surface area contributed by atoms with E-state index in [1.54, 1.807) is 0 Å². The SMILES string of the molecule is O=C1CC[C@@H]2Cc3ccccc3C[C@H]2C1. The van der Waals surface area contributed by atoms with Gasteiger partial charge in [0, 0.05) is 12.8 Å². The summed E-state index contributed by atoms with van der Waals surface area (Å²) in [5.41, 5.74) is 3.00. The molecule has 3 rings (SSSR count). The number of carbonyl (C=O) groups is 1. The summed E-state index contributed by atoms with van der Waals surface area (Å²) in [4.78, 5) is 11.4. The van der Waals surface area contributed by atoms with Crippen molar-refractivity contribution in [3.05, 3.63) is 35.4 Å². The minimum Gasteiger partial charge on any atom is -0.300 e. The maximum absolute atomic E-state index is 11.4. The largest absolute Gasteiger partial charge is 0.300 e. The molecule has 2 atom stereocenters. The maximum atomic E-state index is 11.4. The van der Waals surface area contributed by atoms with Crippen LogP contribution in [0.3, 0.4) is 0 Å². The molecule has 0 aromatic heterocycles. The highest BCUT2D eigenvalue weighted by atomic mass is 16.1. The van der Waals surface area contributed by atoms with E-state index in [0.29, 0.717) is 11.7 Å². The molecule has 0 bridgehead atoms. The third kappa shape index (κ3) is 1.60. The number of Topliss-reactive ketones (excluding diaryl/α,β-unsaturated/α-hetero) is 1. The molecule has 2 aliphatic carbocycles. The van der Waals surface area contributed by atoms with Crippen molar-refractivity contribution in [3.8, 4) is 0 Å². The maximum Gasteiger partial charge on any atom is 0.133 e. The van der Waals surface area contributed by atoms with E-state index in [1.165, 1.54) is 17.5 Å². The molecule has 78 valence electrons. The van der Waals surface area contributed by atoms with Gasteiger partial charge in [-0.2, -0.15) is 0 Å². The second kappa shape index (κ2) is 3.48. The second-order valence-electron chi connectivity index (χ2n) is 4.98. The normalized spacial score (nSPS) is 29.5. The Hall–Kier alpha value is -1.11. The fourth-order valence-electron chi connectivity index (χ4n) is 3.17. The number of ketones is 1. The summed E-state index contributed by atoms with van der Waals surface area (Å²) < 4.78 is 0. The highest BCUT2D eigenvalue weighted by Crippen LogP contribution is 2.38. The lowest BCUT2D eigenvalue weighted by Crippen LogP contribution is -2.31. The van der Waals surface area contributed by atoms with Gasteiger partial charge in [0.25, 0.3) is 0 Å². The number of rotatable bonds is 0. The van der Waals surface area contributed by atoms with Gasteiger partial charge in [-0.05, 0) is 42.2 Å². The fourth-order valence-corrected chi connectivity index (χ4v) is 3.17. The topological polar surface area (TPSA) is 17.1 Å². The van der Waals surface area contributed by atoms with Crippen LogP contribution in [-0.4, -0.2) is 5.78 Å². The molecule has 0 N–H and O–H groups in total. The van der Waals surface area contributed by atoms with Crippen LogP contribution < -0.4 is 0 Å². The van der Waals surface area contributed by atoms with E-state index < -0.39 is 0 Å². The molecule has 0 saturated heterocycles. The van der Waals surface area contributed by atoms with Crippen molar-refractivity contribution in [1.29, 1.82) is 0 Å². The van der Waals surface area contributed by atoms with Crippen molar-refractivity contribution < 1.29 is 4.79 Å². The lowest BCUT2D eigenvalue weighted by Gasteiger charge is -2.35. The molecule has 2 aliphatic rings. The third-order valence-corrected chi connectivity index (χ3v) is 4.03. The van der Waals surface area contributed by atoms with Gasteiger partial charge in [0.2, 0.25) is 0 Å². The Morgan fingerprint density at radius 3 is 2.33 bits per heavy atom. The average molecular weight is 200 g/mol. The molecule has 1 saturated carbocycles. The highest BCUT2D eigenvalue weighted by molar-refractivity contribution is 5.79. The first kappa shape index (κ1) is 9.14. The fraction of sp³-hybridized carbons (Fsp3) is 0.500. The molecule has 1 aromatic rings. The van der Waals surface area contributed by atoms with E-state index in [4.69, 9.17) is 0 Å². The summed E-state index contributed by atoms with van der Waals surface area (Å²) in [6.45, 7) is 0. The molecular formula is C14H16O. The Balaban J connectivity index is 1.90. The lowest BCUT2D eigenvalue weighted by atomic mass is 9.68. The Labute approximate surface area is 90.5 Å². The molecule has 15 heavy (non-hydrogen) atoms. The molecule has 1 fully saturated rings. The van der Waals surface area contributed by atoms with Crippen LogP contribution in [0, 0.1) is 11.8 Å². The van der Waals surface area contributed by atoms with Crippen molar-refractivity contribution in [2.45, 2.75) is 32.1 Å². The number of fused-ring (bicyclic) bond motifs is 2. The zero-order valence-corrected chi connectivity index (χ0v) is 8.91. The number of carbonyl (C=O) groups excluding carboxylic acids is 1. The van der Waals surface area contributed by atoms with E-state index in [1.807, 2.05) is 0 Å².